The van der Waals surface area contributed by atoms with Crippen molar-refractivity contribution in [2.45, 2.75) is 19.4 Å². The predicted octanol–water partition coefficient (Wildman–Crippen LogP) is 0.361. The van der Waals surface area contributed by atoms with Crippen LogP contribution in [0.3, 0.4) is 0 Å². The van der Waals surface area contributed by atoms with Crippen molar-refractivity contribution in [2.24, 2.45) is 11.7 Å². The van der Waals surface area contributed by atoms with Gasteiger partial charge in [0.1, 0.15) is 0 Å². The van der Waals surface area contributed by atoms with E-state index in [4.69, 9.17) is 11.5 Å². The van der Waals surface area contributed by atoms with Crippen LogP contribution in [0.2, 0.25) is 0 Å². The summed E-state index contributed by atoms with van der Waals surface area (Å²) < 4.78 is 0. The van der Waals surface area contributed by atoms with Crippen LogP contribution in [-0.4, -0.2) is 28.9 Å². The molecule has 0 aliphatic carbocycles. The second-order valence-electron chi connectivity index (χ2n) is 4.56. The Hall–Kier alpha value is -1.62. The average Bonchev–Trinajstić information content (AvgIpc) is 2.29. The van der Waals surface area contributed by atoms with E-state index in [1.165, 1.54) is 0 Å². The molecule has 1 fully saturated rings. The van der Waals surface area contributed by atoms with Crippen LogP contribution < -0.4 is 11.5 Å². The van der Waals surface area contributed by atoms with Crippen LogP contribution in [0.5, 0.6) is 0 Å². The largest absolute Gasteiger partial charge is 0.399 e. The maximum atomic E-state index is 11.2. The van der Waals surface area contributed by atoms with Gasteiger partial charge in [-0.05, 0) is 31.5 Å². The van der Waals surface area contributed by atoms with Gasteiger partial charge < -0.3 is 11.5 Å². The second kappa shape index (κ2) is 5.14. The van der Waals surface area contributed by atoms with E-state index in [0.29, 0.717) is 0 Å². The summed E-state index contributed by atoms with van der Waals surface area (Å²) in [6.45, 7) is 2.45. The lowest BCUT2D eigenvalue weighted by molar-refractivity contribution is -0.123. The van der Waals surface area contributed by atoms with Crippen molar-refractivity contribution in [3.05, 3.63) is 24.0 Å². The summed E-state index contributed by atoms with van der Waals surface area (Å²) in [4.78, 5) is 17.6. The zero-order chi connectivity index (χ0) is 12.3. The fraction of sp³-hybridized carbons (Fsp3) is 0.500. The molecule has 2 rings (SSSR count). The van der Waals surface area contributed by atoms with Gasteiger partial charge in [-0.2, -0.15) is 0 Å². The first-order valence-electron chi connectivity index (χ1n) is 5.87. The molecule has 17 heavy (non-hydrogen) atoms. The van der Waals surface area contributed by atoms with Crippen LogP contribution in [0.25, 0.3) is 0 Å². The SMILES string of the molecule is NC(=O)C1CCCN(Cc2cc(N)ccn2)C1. The minimum atomic E-state index is -0.199. The fourth-order valence-electron chi connectivity index (χ4n) is 2.24. The third-order valence-electron chi connectivity index (χ3n) is 3.13. The summed E-state index contributed by atoms with van der Waals surface area (Å²) in [6, 6.07) is 3.64. The highest BCUT2D eigenvalue weighted by molar-refractivity contribution is 5.76. The predicted molar refractivity (Wildman–Crippen MR) is 65.8 cm³/mol. The molecule has 1 aromatic heterocycles. The third-order valence-corrected chi connectivity index (χ3v) is 3.13. The maximum Gasteiger partial charge on any atom is 0.221 e. The minimum Gasteiger partial charge on any atom is -0.399 e. The average molecular weight is 234 g/mol. The first-order chi connectivity index (χ1) is 8.15. The molecule has 1 saturated heterocycles. The van der Waals surface area contributed by atoms with Crippen molar-refractivity contribution in [3.8, 4) is 0 Å². The quantitative estimate of drug-likeness (QED) is 0.790. The topological polar surface area (TPSA) is 85.2 Å². The van der Waals surface area contributed by atoms with E-state index >= 15 is 0 Å². The molecule has 1 unspecified atom stereocenters. The highest BCUT2D eigenvalue weighted by atomic mass is 16.1. The third kappa shape index (κ3) is 3.17. The number of nitrogens with two attached hydrogens (primary N) is 2. The Kier molecular flexibility index (Phi) is 3.58. The normalized spacial score (nSPS) is 21.3. The zero-order valence-corrected chi connectivity index (χ0v) is 9.80. The number of amides is 1. The van der Waals surface area contributed by atoms with Gasteiger partial charge >= 0.3 is 0 Å². The summed E-state index contributed by atoms with van der Waals surface area (Å²) in [5, 5.41) is 0. The number of carbonyl (C=O) groups is 1. The van der Waals surface area contributed by atoms with Crippen molar-refractivity contribution < 1.29 is 4.79 Å². The number of hydrogen-bond donors (Lipinski definition) is 2. The number of nitrogen functional groups attached to an aromatic ring is 1. The number of piperidine rings is 1. The second-order valence-corrected chi connectivity index (χ2v) is 4.56. The molecule has 1 amide bonds. The van der Waals surface area contributed by atoms with Crippen molar-refractivity contribution in [3.63, 3.8) is 0 Å². The van der Waals surface area contributed by atoms with E-state index < -0.39 is 0 Å². The molecular formula is C12H18N4O. The van der Waals surface area contributed by atoms with E-state index in [-0.39, 0.29) is 11.8 Å². The number of nitrogens with zero attached hydrogens (tertiary/aromatic N) is 2. The summed E-state index contributed by atoms with van der Waals surface area (Å²) in [7, 11) is 0. The molecule has 5 nitrogen and oxygen atoms in total. The molecule has 0 radical (unpaired) electrons. The van der Waals surface area contributed by atoms with Crippen molar-refractivity contribution in [1.82, 2.24) is 9.88 Å². The van der Waals surface area contributed by atoms with Gasteiger partial charge in [0.25, 0.3) is 0 Å². The molecule has 0 aromatic carbocycles. The van der Waals surface area contributed by atoms with Crippen LogP contribution in [0.1, 0.15) is 18.5 Å². The number of hydrogen-bond acceptors (Lipinski definition) is 4. The highest BCUT2D eigenvalue weighted by Crippen LogP contribution is 2.18. The highest BCUT2D eigenvalue weighted by Gasteiger charge is 2.23. The smallest absolute Gasteiger partial charge is 0.221 e. The van der Waals surface area contributed by atoms with E-state index in [1.807, 2.05) is 6.07 Å². The number of aromatic nitrogens is 1. The van der Waals surface area contributed by atoms with Gasteiger partial charge in [0.15, 0.2) is 0 Å². The molecule has 4 N–H and O–H groups in total. The van der Waals surface area contributed by atoms with E-state index in [1.54, 1.807) is 12.3 Å². The molecule has 1 aliphatic rings. The van der Waals surface area contributed by atoms with Crippen molar-refractivity contribution >= 4 is 11.6 Å². The van der Waals surface area contributed by atoms with E-state index in [9.17, 15) is 4.79 Å². The summed E-state index contributed by atoms with van der Waals surface area (Å²) in [5.41, 5.74) is 12.7. The number of anilines is 1. The molecule has 92 valence electrons. The summed E-state index contributed by atoms with van der Waals surface area (Å²) in [6.07, 6.45) is 3.62. The molecule has 1 aromatic rings. The van der Waals surface area contributed by atoms with Gasteiger partial charge in [-0.15, -0.1) is 0 Å². The Morgan fingerprint density at radius 3 is 3.12 bits per heavy atom. The lowest BCUT2D eigenvalue weighted by Crippen LogP contribution is -2.40. The summed E-state index contributed by atoms with van der Waals surface area (Å²) in [5.74, 6) is -0.222. The molecule has 0 spiro atoms. The van der Waals surface area contributed by atoms with Crippen LogP contribution in [0.4, 0.5) is 5.69 Å². The van der Waals surface area contributed by atoms with Gasteiger partial charge in [0.05, 0.1) is 11.6 Å². The van der Waals surface area contributed by atoms with Gasteiger partial charge in [0, 0.05) is 25.0 Å². The molecule has 5 heteroatoms. The van der Waals surface area contributed by atoms with Crippen LogP contribution in [0.15, 0.2) is 18.3 Å². The van der Waals surface area contributed by atoms with Crippen LogP contribution in [0, 0.1) is 5.92 Å². The maximum absolute atomic E-state index is 11.2. The first-order valence-corrected chi connectivity index (χ1v) is 5.87. The van der Waals surface area contributed by atoms with Gasteiger partial charge in [-0.3, -0.25) is 14.7 Å². The number of primary amides is 1. The van der Waals surface area contributed by atoms with Gasteiger partial charge in [0.2, 0.25) is 5.91 Å². The fourth-order valence-corrected chi connectivity index (χ4v) is 2.24. The Labute approximate surface area is 101 Å². The Morgan fingerprint density at radius 1 is 1.59 bits per heavy atom. The van der Waals surface area contributed by atoms with E-state index in [2.05, 4.69) is 9.88 Å². The van der Waals surface area contributed by atoms with Gasteiger partial charge in [-0.25, -0.2) is 0 Å². The molecule has 1 aliphatic heterocycles. The summed E-state index contributed by atoms with van der Waals surface area (Å²) >= 11 is 0. The minimum absolute atomic E-state index is 0.0233. The lowest BCUT2D eigenvalue weighted by Gasteiger charge is -2.30. The molecular weight excluding hydrogens is 216 g/mol. The lowest BCUT2D eigenvalue weighted by atomic mass is 9.97. The van der Waals surface area contributed by atoms with E-state index in [0.717, 1.165) is 43.9 Å². The molecule has 0 saturated carbocycles. The molecule has 0 bridgehead atoms. The number of carbonyl (C=O) groups excluding carboxylic acids is 1. The van der Waals surface area contributed by atoms with Crippen LogP contribution in [-0.2, 0) is 11.3 Å². The molecule has 2 heterocycles. The van der Waals surface area contributed by atoms with Crippen LogP contribution >= 0.6 is 0 Å². The molecule has 1 atom stereocenters. The zero-order valence-electron chi connectivity index (χ0n) is 9.80. The number of pyridine rings is 1. The standard InChI is InChI=1S/C12H18N4O/c13-10-3-4-15-11(6-10)8-16-5-1-2-9(7-16)12(14)17/h3-4,6,9H,1-2,5,7-8H2,(H2,13,15)(H2,14,17). The Morgan fingerprint density at radius 2 is 2.41 bits per heavy atom. The Balaban J connectivity index is 1.97. The van der Waals surface area contributed by atoms with Crippen molar-refractivity contribution in [2.75, 3.05) is 18.8 Å². The first kappa shape index (κ1) is 11.9. The Bertz CT molecular complexity index is 407. The monoisotopic (exact) mass is 234 g/mol. The van der Waals surface area contributed by atoms with Gasteiger partial charge in [-0.1, -0.05) is 0 Å². The van der Waals surface area contributed by atoms with Crippen molar-refractivity contribution in [1.29, 1.82) is 0 Å². The number of rotatable bonds is 3. The number of likely N-dealkylation sites (tertiary alicyclic amines) is 1.